The number of ether oxygens (including phenoxy) is 1. The van der Waals surface area contributed by atoms with Gasteiger partial charge in [0.05, 0.1) is 11.8 Å². The second-order valence-electron chi connectivity index (χ2n) is 5.25. The van der Waals surface area contributed by atoms with E-state index in [2.05, 4.69) is 22.2 Å². The molecule has 1 aliphatic rings. The first kappa shape index (κ1) is 14.4. The first-order valence-electron chi connectivity index (χ1n) is 7.44. The third-order valence-corrected chi connectivity index (χ3v) is 3.60. The molecule has 19 heavy (non-hydrogen) atoms. The fourth-order valence-electron chi connectivity index (χ4n) is 2.57. The molecule has 4 nitrogen and oxygen atoms in total. The molecule has 1 fully saturated rings. The van der Waals surface area contributed by atoms with Crippen molar-refractivity contribution in [2.75, 3.05) is 13.2 Å². The Balaban J connectivity index is 1.94. The van der Waals surface area contributed by atoms with Crippen LogP contribution in [0.2, 0.25) is 0 Å². The van der Waals surface area contributed by atoms with Gasteiger partial charge in [-0.2, -0.15) is 0 Å². The largest absolute Gasteiger partial charge is 0.378 e. The van der Waals surface area contributed by atoms with Gasteiger partial charge >= 0.3 is 0 Å². The highest BCUT2D eigenvalue weighted by atomic mass is 16.5. The molecule has 0 radical (unpaired) electrons. The molecule has 1 saturated heterocycles. The maximum atomic E-state index is 5.71. The average Bonchev–Trinajstić information content (AvgIpc) is 2.92. The third kappa shape index (κ3) is 4.55. The van der Waals surface area contributed by atoms with Crippen LogP contribution in [0.25, 0.3) is 0 Å². The van der Waals surface area contributed by atoms with E-state index in [9.17, 15) is 0 Å². The second kappa shape index (κ2) is 7.56. The maximum Gasteiger partial charge on any atom is 0.125 e. The smallest absolute Gasteiger partial charge is 0.125 e. The molecule has 0 bridgehead atoms. The van der Waals surface area contributed by atoms with Crippen molar-refractivity contribution in [2.24, 2.45) is 0 Å². The summed E-state index contributed by atoms with van der Waals surface area (Å²) in [4.78, 5) is 8.73. The Hall–Kier alpha value is -1.00. The molecule has 106 valence electrons. The Labute approximate surface area is 116 Å². The molecule has 0 amide bonds. The Bertz CT molecular complexity index is 377. The highest BCUT2D eigenvalue weighted by Crippen LogP contribution is 2.23. The number of aryl methyl sites for hydroxylation is 1. The van der Waals surface area contributed by atoms with Gasteiger partial charge in [0.25, 0.3) is 0 Å². The third-order valence-electron chi connectivity index (χ3n) is 3.60. The summed E-state index contributed by atoms with van der Waals surface area (Å²) in [5.74, 6) is 0.845. The number of nitrogens with one attached hydrogen (secondary N) is 1. The van der Waals surface area contributed by atoms with Crippen molar-refractivity contribution in [1.82, 2.24) is 15.3 Å². The maximum absolute atomic E-state index is 5.71. The molecule has 2 rings (SSSR count). The van der Waals surface area contributed by atoms with Gasteiger partial charge in [-0.1, -0.05) is 6.92 Å². The predicted octanol–water partition coefficient (Wildman–Crippen LogP) is 2.78. The van der Waals surface area contributed by atoms with E-state index in [1.165, 1.54) is 12.8 Å². The lowest BCUT2D eigenvalue weighted by Gasteiger charge is -2.20. The predicted molar refractivity (Wildman–Crippen MR) is 76.0 cm³/mol. The van der Waals surface area contributed by atoms with E-state index < -0.39 is 0 Å². The van der Waals surface area contributed by atoms with Gasteiger partial charge in [0, 0.05) is 18.8 Å². The SMILES string of the molecule is CCCNC(CCC1CCCO1)c1ccnc(C)n1. The Kier molecular flexibility index (Phi) is 5.73. The van der Waals surface area contributed by atoms with E-state index in [4.69, 9.17) is 4.74 Å². The van der Waals surface area contributed by atoms with Crippen LogP contribution in [0.4, 0.5) is 0 Å². The van der Waals surface area contributed by atoms with Crippen LogP contribution in [0.1, 0.15) is 56.6 Å². The lowest BCUT2D eigenvalue weighted by molar-refractivity contribution is 0.0994. The molecular weight excluding hydrogens is 238 g/mol. The molecule has 0 spiro atoms. The number of aromatic nitrogens is 2. The first-order chi connectivity index (χ1) is 9.29. The summed E-state index contributed by atoms with van der Waals surface area (Å²) in [7, 11) is 0. The van der Waals surface area contributed by atoms with Gasteiger partial charge in [0.15, 0.2) is 0 Å². The minimum Gasteiger partial charge on any atom is -0.378 e. The molecule has 0 saturated carbocycles. The highest BCUT2D eigenvalue weighted by molar-refractivity contribution is 5.07. The number of nitrogens with zero attached hydrogens (tertiary/aromatic N) is 2. The lowest BCUT2D eigenvalue weighted by Crippen LogP contribution is -2.24. The van der Waals surface area contributed by atoms with Crippen molar-refractivity contribution in [3.05, 3.63) is 23.8 Å². The molecular formula is C15H25N3O. The molecule has 2 atom stereocenters. The summed E-state index contributed by atoms with van der Waals surface area (Å²) < 4.78 is 5.71. The van der Waals surface area contributed by atoms with Gasteiger partial charge in [-0.25, -0.2) is 9.97 Å². The minimum absolute atomic E-state index is 0.325. The fourth-order valence-corrected chi connectivity index (χ4v) is 2.57. The van der Waals surface area contributed by atoms with Crippen molar-refractivity contribution in [1.29, 1.82) is 0 Å². The van der Waals surface area contributed by atoms with Crippen molar-refractivity contribution in [3.8, 4) is 0 Å². The van der Waals surface area contributed by atoms with E-state index in [1.54, 1.807) is 0 Å². The summed E-state index contributed by atoms with van der Waals surface area (Å²) in [6, 6.07) is 2.35. The van der Waals surface area contributed by atoms with Gasteiger partial charge in [0.1, 0.15) is 5.82 Å². The Morgan fingerprint density at radius 2 is 2.42 bits per heavy atom. The normalized spacial score (nSPS) is 20.6. The van der Waals surface area contributed by atoms with Crippen LogP contribution in [-0.2, 0) is 4.74 Å². The molecule has 0 aromatic carbocycles. The van der Waals surface area contributed by atoms with Crippen LogP contribution in [0.5, 0.6) is 0 Å². The Morgan fingerprint density at radius 3 is 3.11 bits per heavy atom. The number of hydrogen-bond donors (Lipinski definition) is 1. The van der Waals surface area contributed by atoms with Crippen LogP contribution in [0.3, 0.4) is 0 Å². The van der Waals surface area contributed by atoms with Crippen LogP contribution in [0.15, 0.2) is 12.3 Å². The molecule has 4 heteroatoms. The number of hydrogen-bond acceptors (Lipinski definition) is 4. The van der Waals surface area contributed by atoms with Crippen LogP contribution in [0, 0.1) is 6.92 Å². The zero-order valence-corrected chi connectivity index (χ0v) is 12.1. The fraction of sp³-hybridized carbons (Fsp3) is 0.733. The van der Waals surface area contributed by atoms with E-state index in [0.717, 1.165) is 43.9 Å². The molecule has 1 aromatic heterocycles. The van der Waals surface area contributed by atoms with E-state index in [-0.39, 0.29) is 0 Å². The van der Waals surface area contributed by atoms with Crippen molar-refractivity contribution in [3.63, 3.8) is 0 Å². The summed E-state index contributed by atoms with van der Waals surface area (Å²) in [6.45, 7) is 6.10. The van der Waals surface area contributed by atoms with Crippen molar-refractivity contribution >= 4 is 0 Å². The molecule has 0 aliphatic carbocycles. The minimum atomic E-state index is 0.325. The van der Waals surface area contributed by atoms with Crippen molar-refractivity contribution < 1.29 is 4.74 Å². The molecule has 1 N–H and O–H groups in total. The summed E-state index contributed by atoms with van der Waals surface area (Å²) in [6.07, 6.45) is 8.07. The van der Waals surface area contributed by atoms with Gasteiger partial charge < -0.3 is 10.1 Å². The van der Waals surface area contributed by atoms with Gasteiger partial charge in [-0.05, 0) is 51.6 Å². The monoisotopic (exact) mass is 263 g/mol. The average molecular weight is 263 g/mol. The number of rotatable bonds is 7. The van der Waals surface area contributed by atoms with Crippen LogP contribution in [-0.4, -0.2) is 29.2 Å². The van der Waals surface area contributed by atoms with Crippen LogP contribution >= 0.6 is 0 Å². The van der Waals surface area contributed by atoms with E-state index in [0.29, 0.717) is 12.1 Å². The van der Waals surface area contributed by atoms with E-state index in [1.807, 2.05) is 19.2 Å². The standard InChI is InChI=1S/C15H25N3O/c1-3-9-17-14(7-6-13-5-4-11-19-13)15-8-10-16-12(2)18-15/h8,10,13-14,17H,3-7,9,11H2,1-2H3. The molecule has 1 aromatic rings. The summed E-state index contributed by atoms with van der Waals surface area (Å²) in [5.41, 5.74) is 1.11. The highest BCUT2D eigenvalue weighted by Gasteiger charge is 2.19. The molecule has 2 heterocycles. The van der Waals surface area contributed by atoms with Crippen LogP contribution < -0.4 is 5.32 Å². The zero-order valence-electron chi connectivity index (χ0n) is 12.1. The van der Waals surface area contributed by atoms with Gasteiger partial charge in [-0.3, -0.25) is 0 Å². The van der Waals surface area contributed by atoms with Crippen molar-refractivity contribution in [2.45, 2.75) is 58.1 Å². The first-order valence-corrected chi connectivity index (χ1v) is 7.44. The lowest BCUT2D eigenvalue weighted by atomic mass is 10.0. The van der Waals surface area contributed by atoms with Gasteiger partial charge in [-0.15, -0.1) is 0 Å². The summed E-state index contributed by atoms with van der Waals surface area (Å²) >= 11 is 0. The van der Waals surface area contributed by atoms with E-state index >= 15 is 0 Å². The molecule has 2 unspecified atom stereocenters. The quantitative estimate of drug-likeness (QED) is 0.821. The molecule has 1 aliphatic heterocycles. The topological polar surface area (TPSA) is 47.0 Å². The Morgan fingerprint density at radius 1 is 1.53 bits per heavy atom. The summed E-state index contributed by atoms with van der Waals surface area (Å²) in [5, 5.41) is 3.59. The zero-order chi connectivity index (χ0) is 13.5. The second-order valence-corrected chi connectivity index (χ2v) is 5.25. The van der Waals surface area contributed by atoms with Gasteiger partial charge in [0.2, 0.25) is 0 Å².